The number of H-pyrrole nitrogens is 1. The Balaban J connectivity index is 1.62. The molecule has 5 rings (SSSR count). The number of hydrogen-bond acceptors (Lipinski definition) is 5. The van der Waals surface area contributed by atoms with Crippen LogP contribution in [0.25, 0.3) is 33.1 Å². The molecule has 0 saturated heterocycles. The third-order valence-corrected chi connectivity index (χ3v) is 5.70. The van der Waals surface area contributed by atoms with Crippen molar-refractivity contribution in [3.8, 4) is 0 Å². The first-order chi connectivity index (χ1) is 16.2. The molecule has 0 aliphatic carbocycles. The van der Waals surface area contributed by atoms with Gasteiger partial charge in [-0.15, -0.1) is 0 Å². The molecule has 4 N–H and O–H groups in total. The lowest BCUT2D eigenvalue weighted by molar-refractivity contribution is 0.0955. The summed E-state index contributed by atoms with van der Waals surface area (Å²) in [5.74, 6) is -0.0522. The minimum atomic E-state index is -0.265. The Bertz CT molecular complexity index is 1500. The van der Waals surface area contributed by atoms with Crippen molar-refractivity contribution in [2.24, 2.45) is 5.10 Å². The first-order valence-electron chi connectivity index (χ1n) is 11.1. The van der Waals surface area contributed by atoms with Crippen molar-refractivity contribution in [3.05, 3.63) is 65.9 Å². The van der Waals surface area contributed by atoms with E-state index in [1.54, 1.807) is 6.21 Å². The Morgan fingerprint density at radius 2 is 1.88 bits per heavy atom. The molecule has 2 aromatic carbocycles. The van der Waals surface area contributed by atoms with Crippen LogP contribution in [-0.4, -0.2) is 38.3 Å². The van der Waals surface area contributed by atoms with Crippen molar-refractivity contribution < 1.29 is 4.79 Å². The molecule has 166 valence electrons. The second-order valence-corrected chi connectivity index (χ2v) is 7.95. The Morgan fingerprint density at radius 3 is 2.70 bits per heavy atom. The maximum Gasteiger partial charge on any atom is 0.257 e. The van der Waals surface area contributed by atoms with E-state index < -0.39 is 0 Å². The zero-order valence-corrected chi connectivity index (χ0v) is 18.4. The van der Waals surface area contributed by atoms with Gasteiger partial charge in [0.1, 0.15) is 16.9 Å². The van der Waals surface area contributed by atoms with E-state index in [0.717, 1.165) is 35.7 Å². The molecule has 0 spiro atoms. The molecule has 0 aliphatic heterocycles. The molecule has 3 heterocycles. The van der Waals surface area contributed by atoms with Crippen LogP contribution in [0.3, 0.4) is 0 Å². The maximum atomic E-state index is 13.1. The number of para-hydroxylation sites is 3. The summed E-state index contributed by atoms with van der Waals surface area (Å²) < 4.78 is 1.50. The second kappa shape index (κ2) is 8.74. The number of unbranched alkanes of at least 4 members (excludes halogenated alkanes) is 2. The van der Waals surface area contributed by atoms with Gasteiger partial charge in [-0.05, 0) is 24.6 Å². The quantitative estimate of drug-likeness (QED) is 0.257. The lowest BCUT2D eigenvalue weighted by atomic mass is 10.2. The number of amides is 1. The average Bonchev–Trinajstić information content (AvgIpc) is 3.36. The van der Waals surface area contributed by atoms with E-state index in [1.165, 1.54) is 4.68 Å². The number of fused-ring (bicyclic) bond motifs is 3. The van der Waals surface area contributed by atoms with E-state index in [2.05, 4.69) is 22.3 Å². The number of nitrogen functional groups attached to an aromatic ring is 1. The van der Waals surface area contributed by atoms with Gasteiger partial charge in [-0.3, -0.25) is 4.79 Å². The van der Waals surface area contributed by atoms with E-state index in [9.17, 15) is 4.79 Å². The minimum absolute atomic E-state index is 0.212. The molecule has 5 aromatic rings. The molecule has 0 saturated carbocycles. The molecule has 0 radical (unpaired) electrons. The van der Waals surface area contributed by atoms with E-state index in [4.69, 9.17) is 15.7 Å². The smallest absolute Gasteiger partial charge is 0.257 e. The number of hydrogen-bond donors (Lipinski definition) is 3. The summed E-state index contributed by atoms with van der Waals surface area (Å²) in [5.41, 5.74) is 11.0. The standard InChI is InChI=1S/C25H25N7O/c1-2-3-8-13-27-25(33)21-22-24(31-20-12-7-6-11-19(20)30-22)32(23(21)26)29-15-16-14-28-18-10-5-4-9-17(16)18/h4-7,9-12,14-15,28H,2-3,8,13,26H2,1H3,(H,27,33)/b29-15+. The molecule has 33 heavy (non-hydrogen) atoms. The number of carbonyl (C=O) groups is 1. The highest BCUT2D eigenvalue weighted by molar-refractivity contribution is 6.11. The van der Waals surface area contributed by atoms with Gasteiger partial charge in [-0.1, -0.05) is 50.1 Å². The highest BCUT2D eigenvalue weighted by Gasteiger charge is 2.23. The summed E-state index contributed by atoms with van der Waals surface area (Å²) in [4.78, 5) is 25.8. The number of nitrogens with zero attached hydrogens (tertiary/aromatic N) is 4. The van der Waals surface area contributed by atoms with E-state index in [1.807, 2.05) is 54.7 Å². The summed E-state index contributed by atoms with van der Waals surface area (Å²) in [6.07, 6.45) is 6.65. The minimum Gasteiger partial charge on any atom is -0.383 e. The molecule has 0 unspecified atom stereocenters. The van der Waals surface area contributed by atoms with E-state index >= 15 is 0 Å². The number of aromatic nitrogens is 4. The fraction of sp³-hybridized carbons (Fsp3) is 0.200. The average molecular weight is 440 g/mol. The van der Waals surface area contributed by atoms with E-state index in [-0.39, 0.29) is 11.7 Å². The molecular formula is C25H25N7O. The third-order valence-electron chi connectivity index (χ3n) is 5.70. The largest absolute Gasteiger partial charge is 0.383 e. The Labute approximate surface area is 190 Å². The number of nitrogens with one attached hydrogen (secondary N) is 2. The van der Waals surface area contributed by atoms with Crippen LogP contribution in [0, 0.1) is 0 Å². The van der Waals surface area contributed by atoms with Crippen molar-refractivity contribution in [2.75, 3.05) is 12.3 Å². The molecule has 0 fully saturated rings. The molecule has 3 aromatic heterocycles. The fourth-order valence-corrected chi connectivity index (χ4v) is 3.97. The molecule has 1 amide bonds. The van der Waals surface area contributed by atoms with Crippen molar-refractivity contribution >= 4 is 51.0 Å². The van der Waals surface area contributed by atoms with Gasteiger partial charge in [0.05, 0.1) is 17.2 Å². The number of aromatic amines is 1. The molecule has 8 nitrogen and oxygen atoms in total. The monoisotopic (exact) mass is 439 g/mol. The number of benzene rings is 2. The van der Waals surface area contributed by atoms with Crippen LogP contribution < -0.4 is 11.1 Å². The van der Waals surface area contributed by atoms with Crippen molar-refractivity contribution in [3.63, 3.8) is 0 Å². The van der Waals surface area contributed by atoms with E-state index in [0.29, 0.717) is 34.3 Å². The van der Waals surface area contributed by atoms with Crippen molar-refractivity contribution in [1.82, 2.24) is 24.9 Å². The Hall–Kier alpha value is -4.20. The molecular weight excluding hydrogens is 414 g/mol. The Kier molecular flexibility index (Phi) is 5.48. The van der Waals surface area contributed by atoms with Crippen LogP contribution >= 0.6 is 0 Å². The van der Waals surface area contributed by atoms with Gasteiger partial charge in [-0.2, -0.15) is 9.78 Å². The van der Waals surface area contributed by atoms with Crippen LogP contribution in [-0.2, 0) is 0 Å². The predicted octanol–water partition coefficient (Wildman–Crippen LogP) is 4.45. The van der Waals surface area contributed by atoms with Gasteiger partial charge < -0.3 is 16.0 Å². The molecule has 8 heteroatoms. The van der Waals surface area contributed by atoms with Crippen LogP contribution in [0.4, 0.5) is 5.82 Å². The van der Waals surface area contributed by atoms with Gasteiger partial charge in [-0.25, -0.2) is 9.97 Å². The highest BCUT2D eigenvalue weighted by atomic mass is 16.1. The summed E-state index contributed by atoms with van der Waals surface area (Å²) in [6.45, 7) is 2.71. The van der Waals surface area contributed by atoms with Crippen molar-refractivity contribution in [1.29, 1.82) is 0 Å². The molecule has 0 bridgehead atoms. The lowest BCUT2D eigenvalue weighted by Crippen LogP contribution is -2.25. The van der Waals surface area contributed by atoms with Crippen molar-refractivity contribution in [2.45, 2.75) is 26.2 Å². The Morgan fingerprint density at radius 1 is 1.12 bits per heavy atom. The zero-order chi connectivity index (χ0) is 22.8. The summed E-state index contributed by atoms with van der Waals surface area (Å²) >= 11 is 0. The van der Waals surface area contributed by atoms with Gasteiger partial charge in [0.15, 0.2) is 5.65 Å². The van der Waals surface area contributed by atoms with Crippen LogP contribution in [0.5, 0.6) is 0 Å². The second-order valence-electron chi connectivity index (χ2n) is 7.95. The van der Waals surface area contributed by atoms with Gasteiger partial charge in [0.2, 0.25) is 0 Å². The van der Waals surface area contributed by atoms with Crippen LogP contribution in [0.1, 0.15) is 42.1 Å². The maximum absolute atomic E-state index is 13.1. The van der Waals surface area contributed by atoms with Crippen LogP contribution in [0.15, 0.2) is 59.8 Å². The number of rotatable bonds is 7. The first-order valence-corrected chi connectivity index (χ1v) is 11.1. The first kappa shape index (κ1) is 20.7. The zero-order valence-electron chi connectivity index (χ0n) is 18.4. The lowest BCUT2D eigenvalue weighted by Gasteiger charge is -2.04. The summed E-state index contributed by atoms with van der Waals surface area (Å²) in [7, 11) is 0. The summed E-state index contributed by atoms with van der Waals surface area (Å²) in [6, 6.07) is 15.5. The van der Waals surface area contributed by atoms with Gasteiger partial charge in [0.25, 0.3) is 5.91 Å². The van der Waals surface area contributed by atoms with Gasteiger partial charge >= 0.3 is 0 Å². The third kappa shape index (κ3) is 3.80. The highest BCUT2D eigenvalue weighted by Crippen LogP contribution is 2.28. The predicted molar refractivity (Wildman–Crippen MR) is 133 cm³/mol. The molecule has 0 atom stereocenters. The van der Waals surface area contributed by atoms with Crippen LogP contribution in [0.2, 0.25) is 0 Å². The molecule has 0 aliphatic rings. The SMILES string of the molecule is CCCCCNC(=O)c1c(N)n(/N=C/c2c[nH]c3ccccc23)c2nc3ccccc3nc12. The normalized spacial score (nSPS) is 11.8. The topological polar surface area (TPSA) is 114 Å². The number of nitrogens with two attached hydrogens (primary N) is 1. The summed E-state index contributed by atoms with van der Waals surface area (Å²) in [5, 5.41) is 8.62. The number of carbonyl (C=O) groups excluding carboxylic acids is 1. The fourth-order valence-electron chi connectivity index (χ4n) is 3.97. The van der Waals surface area contributed by atoms with Gasteiger partial charge in [0, 0.05) is 29.2 Å². The number of anilines is 1.